The van der Waals surface area contributed by atoms with Crippen molar-refractivity contribution in [2.75, 3.05) is 19.4 Å². The molecule has 1 fully saturated rings. The summed E-state index contributed by atoms with van der Waals surface area (Å²) >= 11 is 0. The predicted octanol–water partition coefficient (Wildman–Crippen LogP) is 3.11. The van der Waals surface area contributed by atoms with Crippen molar-refractivity contribution in [3.05, 3.63) is 42.7 Å². The molecule has 0 atom stereocenters. The lowest BCUT2D eigenvalue weighted by Gasteiger charge is -2.47. The third-order valence-corrected chi connectivity index (χ3v) is 4.44. The van der Waals surface area contributed by atoms with Crippen LogP contribution >= 0.6 is 0 Å². The first-order valence-electron chi connectivity index (χ1n) is 7.20. The van der Waals surface area contributed by atoms with E-state index in [4.69, 9.17) is 0 Å². The largest absolute Gasteiger partial charge is 0.326 e. The van der Waals surface area contributed by atoms with E-state index in [1.165, 1.54) is 19.3 Å². The predicted molar refractivity (Wildman–Crippen MR) is 82.2 cm³/mol. The number of imidazole rings is 1. The average Bonchev–Trinajstić information content (AvgIpc) is 2.82. The van der Waals surface area contributed by atoms with Crippen LogP contribution in [0, 0.1) is 0 Å². The number of aromatic nitrogens is 2. The molecule has 0 unspecified atom stereocenters. The molecule has 0 amide bonds. The van der Waals surface area contributed by atoms with Gasteiger partial charge in [-0.25, -0.2) is 4.98 Å². The van der Waals surface area contributed by atoms with Crippen molar-refractivity contribution in [3.63, 3.8) is 0 Å². The van der Waals surface area contributed by atoms with Crippen molar-refractivity contribution in [1.29, 1.82) is 0 Å². The fourth-order valence-electron chi connectivity index (χ4n) is 2.86. The maximum absolute atomic E-state index is 4.45. The first kappa shape index (κ1) is 13.2. The van der Waals surface area contributed by atoms with Gasteiger partial charge in [0.15, 0.2) is 0 Å². The van der Waals surface area contributed by atoms with Crippen LogP contribution in [-0.2, 0) is 6.54 Å². The zero-order valence-electron chi connectivity index (χ0n) is 12.2. The quantitative estimate of drug-likeness (QED) is 0.906. The summed E-state index contributed by atoms with van der Waals surface area (Å²) in [7, 11) is 4.36. The Labute approximate surface area is 120 Å². The lowest BCUT2D eigenvalue weighted by atomic mass is 9.75. The van der Waals surface area contributed by atoms with Gasteiger partial charge in [0.2, 0.25) is 5.95 Å². The van der Waals surface area contributed by atoms with Crippen molar-refractivity contribution < 1.29 is 0 Å². The summed E-state index contributed by atoms with van der Waals surface area (Å²) < 4.78 is 2.23. The Kier molecular flexibility index (Phi) is 3.49. The normalized spacial score (nSPS) is 16.9. The minimum absolute atomic E-state index is 0.299. The summed E-state index contributed by atoms with van der Waals surface area (Å²) in [6.45, 7) is 0.995. The van der Waals surface area contributed by atoms with Gasteiger partial charge < -0.3 is 14.8 Å². The highest BCUT2D eigenvalue weighted by molar-refractivity contribution is 5.53. The monoisotopic (exact) mass is 270 g/mol. The van der Waals surface area contributed by atoms with Crippen molar-refractivity contribution in [3.8, 4) is 0 Å². The Morgan fingerprint density at radius 1 is 1.25 bits per heavy atom. The van der Waals surface area contributed by atoms with Crippen molar-refractivity contribution in [2.24, 2.45) is 0 Å². The fourth-order valence-corrected chi connectivity index (χ4v) is 2.86. The first-order valence-corrected chi connectivity index (χ1v) is 7.20. The summed E-state index contributed by atoms with van der Waals surface area (Å²) in [6.07, 6.45) is 7.79. The van der Waals surface area contributed by atoms with E-state index in [9.17, 15) is 0 Å². The fraction of sp³-hybridized carbons (Fsp3) is 0.438. The Bertz CT molecular complexity index is 555. The lowest BCUT2D eigenvalue weighted by molar-refractivity contribution is 0.0430. The third-order valence-electron chi connectivity index (χ3n) is 4.44. The molecular weight excluding hydrogens is 248 g/mol. The summed E-state index contributed by atoms with van der Waals surface area (Å²) in [4.78, 5) is 6.81. The molecular formula is C16H22N4. The molecule has 106 valence electrons. The van der Waals surface area contributed by atoms with Gasteiger partial charge in [-0.3, -0.25) is 0 Å². The van der Waals surface area contributed by atoms with Crippen LogP contribution in [0.15, 0.2) is 42.7 Å². The SMILES string of the molecule is CN(C)C1(Cn2ccnc2Nc2ccccc2)CCC1. The second-order valence-electron chi connectivity index (χ2n) is 5.84. The number of likely N-dealkylation sites (N-methyl/N-ethyl adjacent to an activating group) is 1. The summed E-state index contributed by atoms with van der Waals surface area (Å²) in [5.74, 6) is 0.921. The second-order valence-corrected chi connectivity index (χ2v) is 5.84. The van der Waals surface area contributed by atoms with Crippen molar-refractivity contribution >= 4 is 11.6 Å². The van der Waals surface area contributed by atoms with Gasteiger partial charge in [0, 0.05) is 30.2 Å². The van der Waals surface area contributed by atoms with Gasteiger partial charge in [-0.1, -0.05) is 18.2 Å². The number of para-hydroxylation sites is 1. The highest BCUT2D eigenvalue weighted by atomic mass is 15.2. The van der Waals surface area contributed by atoms with Gasteiger partial charge in [0.25, 0.3) is 0 Å². The zero-order chi connectivity index (χ0) is 14.0. The van der Waals surface area contributed by atoms with Crippen LogP contribution in [0.25, 0.3) is 0 Å². The van der Waals surface area contributed by atoms with E-state index in [-0.39, 0.29) is 0 Å². The minimum atomic E-state index is 0.299. The first-order chi connectivity index (χ1) is 9.70. The topological polar surface area (TPSA) is 33.1 Å². The highest BCUT2D eigenvalue weighted by Gasteiger charge is 2.39. The van der Waals surface area contributed by atoms with Crippen LogP contribution in [-0.4, -0.2) is 34.1 Å². The summed E-state index contributed by atoms with van der Waals surface area (Å²) in [6, 6.07) is 10.2. The average molecular weight is 270 g/mol. The van der Waals surface area contributed by atoms with E-state index in [0.29, 0.717) is 5.54 Å². The van der Waals surface area contributed by atoms with Crippen molar-refractivity contribution in [2.45, 2.75) is 31.3 Å². The molecule has 1 aromatic heterocycles. The van der Waals surface area contributed by atoms with Gasteiger partial charge >= 0.3 is 0 Å². The Morgan fingerprint density at radius 2 is 2.00 bits per heavy atom. The van der Waals surface area contributed by atoms with Crippen LogP contribution in [0.4, 0.5) is 11.6 Å². The number of anilines is 2. The maximum atomic E-state index is 4.45. The standard InChI is InChI=1S/C16H22N4/c1-19(2)16(9-6-10-16)13-20-12-11-17-15(20)18-14-7-4-3-5-8-14/h3-5,7-8,11-12H,6,9-10,13H2,1-2H3,(H,17,18). The molecule has 1 heterocycles. The van der Waals surface area contributed by atoms with Crippen LogP contribution in [0.3, 0.4) is 0 Å². The van der Waals surface area contributed by atoms with Crippen LogP contribution in [0.2, 0.25) is 0 Å². The molecule has 0 radical (unpaired) electrons. The van der Waals surface area contributed by atoms with E-state index in [0.717, 1.165) is 18.2 Å². The smallest absolute Gasteiger partial charge is 0.207 e. The van der Waals surface area contributed by atoms with E-state index in [2.05, 4.69) is 52.2 Å². The molecule has 0 aliphatic heterocycles. The van der Waals surface area contributed by atoms with E-state index >= 15 is 0 Å². The molecule has 0 bridgehead atoms. The van der Waals surface area contributed by atoms with E-state index < -0.39 is 0 Å². The highest BCUT2D eigenvalue weighted by Crippen LogP contribution is 2.38. The van der Waals surface area contributed by atoms with Gasteiger partial charge in [0.1, 0.15) is 0 Å². The molecule has 1 aliphatic carbocycles. The van der Waals surface area contributed by atoms with Gasteiger partial charge in [-0.15, -0.1) is 0 Å². The molecule has 1 saturated carbocycles. The number of benzene rings is 1. The molecule has 1 aliphatic rings. The number of nitrogens with zero attached hydrogens (tertiary/aromatic N) is 3. The third kappa shape index (κ3) is 2.43. The lowest BCUT2D eigenvalue weighted by Crippen LogP contribution is -2.53. The van der Waals surface area contributed by atoms with Gasteiger partial charge in [-0.05, 0) is 45.5 Å². The molecule has 0 saturated heterocycles. The molecule has 0 spiro atoms. The number of hydrogen-bond donors (Lipinski definition) is 1. The summed E-state index contributed by atoms with van der Waals surface area (Å²) in [5.41, 5.74) is 1.38. The van der Waals surface area contributed by atoms with Gasteiger partial charge in [-0.2, -0.15) is 0 Å². The maximum Gasteiger partial charge on any atom is 0.207 e. The molecule has 4 nitrogen and oxygen atoms in total. The number of hydrogen-bond acceptors (Lipinski definition) is 3. The Balaban J connectivity index is 1.77. The second kappa shape index (κ2) is 5.29. The molecule has 3 rings (SSSR count). The summed E-state index contributed by atoms with van der Waals surface area (Å²) in [5, 5.41) is 3.40. The van der Waals surface area contributed by atoms with Crippen molar-refractivity contribution in [1.82, 2.24) is 14.5 Å². The molecule has 20 heavy (non-hydrogen) atoms. The Hall–Kier alpha value is -1.81. The molecule has 4 heteroatoms. The number of rotatable bonds is 5. The van der Waals surface area contributed by atoms with E-state index in [1.54, 1.807) is 0 Å². The Morgan fingerprint density at radius 3 is 2.60 bits per heavy atom. The van der Waals surface area contributed by atoms with E-state index in [1.807, 2.05) is 24.4 Å². The van der Waals surface area contributed by atoms with Crippen LogP contribution in [0.5, 0.6) is 0 Å². The molecule has 2 aromatic rings. The van der Waals surface area contributed by atoms with Gasteiger partial charge in [0.05, 0.1) is 0 Å². The van der Waals surface area contributed by atoms with Crippen LogP contribution < -0.4 is 5.32 Å². The zero-order valence-corrected chi connectivity index (χ0v) is 12.2. The number of nitrogens with one attached hydrogen (secondary N) is 1. The van der Waals surface area contributed by atoms with Crippen LogP contribution in [0.1, 0.15) is 19.3 Å². The molecule has 1 aromatic carbocycles. The minimum Gasteiger partial charge on any atom is -0.326 e. The molecule has 1 N–H and O–H groups in total.